The van der Waals surface area contributed by atoms with Crippen LogP contribution in [0.25, 0.3) is 0 Å². The van der Waals surface area contributed by atoms with E-state index in [9.17, 15) is 0 Å². The Labute approximate surface area is 101 Å². The van der Waals surface area contributed by atoms with E-state index in [1.165, 1.54) is 0 Å². The molecular formula is C13H16O4. The zero-order valence-electron chi connectivity index (χ0n) is 9.85. The van der Waals surface area contributed by atoms with Crippen LogP contribution in [0.5, 0.6) is 17.2 Å². The summed E-state index contributed by atoms with van der Waals surface area (Å²) < 4.78 is 21.4. The van der Waals surface area contributed by atoms with Gasteiger partial charge in [-0.3, -0.25) is 0 Å². The predicted molar refractivity (Wildman–Crippen MR) is 63.9 cm³/mol. The fraction of sp³-hybridized carbons (Fsp3) is 0.385. The third kappa shape index (κ3) is 3.39. The Morgan fingerprint density at radius 3 is 2.88 bits per heavy atom. The lowest BCUT2D eigenvalue weighted by molar-refractivity contribution is 0.246. The van der Waals surface area contributed by atoms with Gasteiger partial charge in [-0.15, -0.1) is 0 Å². The maximum Gasteiger partial charge on any atom is 0.165 e. The van der Waals surface area contributed by atoms with Crippen LogP contribution in [0.3, 0.4) is 0 Å². The zero-order chi connectivity index (χ0) is 12.1. The van der Waals surface area contributed by atoms with Crippen LogP contribution in [0.2, 0.25) is 0 Å². The Balaban J connectivity index is 2.07. The maximum atomic E-state index is 5.64. The molecule has 17 heavy (non-hydrogen) atoms. The molecule has 2 rings (SSSR count). The molecule has 1 fully saturated rings. The van der Waals surface area contributed by atoms with Crippen molar-refractivity contribution in [2.75, 3.05) is 26.9 Å². The van der Waals surface area contributed by atoms with Crippen molar-refractivity contribution in [3.63, 3.8) is 0 Å². The first-order valence-corrected chi connectivity index (χ1v) is 5.49. The van der Waals surface area contributed by atoms with Gasteiger partial charge < -0.3 is 18.9 Å². The summed E-state index contributed by atoms with van der Waals surface area (Å²) >= 11 is 0. The maximum absolute atomic E-state index is 5.64. The summed E-state index contributed by atoms with van der Waals surface area (Å²) in [6.45, 7) is 5.37. The SMILES string of the molecule is C=CCOc1ccc(OC)cc1OC[C@H]1CO1. The summed E-state index contributed by atoms with van der Waals surface area (Å²) in [5, 5.41) is 0. The molecule has 4 heteroatoms. The molecule has 0 aliphatic carbocycles. The van der Waals surface area contributed by atoms with Gasteiger partial charge in [0.25, 0.3) is 0 Å². The Kier molecular flexibility index (Phi) is 3.88. The van der Waals surface area contributed by atoms with Crippen molar-refractivity contribution in [3.8, 4) is 17.2 Å². The van der Waals surface area contributed by atoms with Gasteiger partial charge in [0, 0.05) is 6.07 Å². The molecule has 92 valence electrons. The zero-order valence-corrected chi connectivity index (χ0v) is 9.85. The minimum atomic E-state index is 0.216. The van der Waals surface area contributed by atoms with Gasteiger partial charge >= 0.3 is 0 Å². The van der Waals surface area contributed by atoms with E-state index in [-0.39, 0.29) is 6.10 Å². The monoisotopic (exact) mass is 236 g/mol. The lowest BCUT2D eigenvalue weighted by Crippen LogP contribution is -2.06. The molecule has 1 atom stereocenters. The van der Waals surface area contributed by atoms with Crippen molar-refractivity contribution in [3.05, 3.63) is 30.9 Å². The average Bonchev–Trinajstić information content (AvgIpc) is 3.18. The Hall–Kier alpha value is -1.68. The number of hydrogen-bond donors (Lipinski definition) is 0. The third-order valence-electron chi connectivity index (χ3n) is 2.33. The molecule has 0 saturated carbocycles. The Morgan fingerprint density at radius 2 is 2.24 bits per heavy atom. The first-order chi connectivity index (χ1) is 8.33. The summed E-state index contributed by atoms with van der Waals surface area (Å²) in [6.07, 6.45) is 1.91. The van der Waals surface area contributed by atoms with Gasteiger partial charge in [-0.25, -0.2) is 0 Å². The first-order valence-electron chi connectivity index (χ1n) is 5.49. The fourth-order valence-electron chi connectivity index (χ4n) is 1.34. The van der Waals surface area contributed by atoms with E-state index in [1.54, 1.807) is 19.3 Å². The van der Waals surface area contributed by atoms with Crippen molar-refractivity contribution >= 4 is 0 Å². The number of rotatable bonds is 7. The van der Waals surface area contributed by atoms with Crippen LogP contribution in [-0.2, 0) is 4.74 Å². The minimum Gasteiger partial charge on any atom is -0.497 e. The highest BCUT2D eigenvalue weighted by molar-refractivity contribution is 5.45. The van der Waals surface area contributed by atoms with Crippen molar-refractivity contribution < 1.29 is 18.9 Å². The van der Waals surface area contributed by atoms with E-state index in [4.69, 9.17) is 18.9 Å². The second-order valence-electron chi connectivity index (χ2n) is 3.68. The minimum absolute atomic E-state index is 0.216. The first kappa shape index (κ1) is 11.8. The molecule has 0 bridgehead atoms. The molecule has 1 saturated heterocycles. The molecule has 1 aliphatic heterocycles. The summed E-state index contributed by atoms with van der Waals surface area (Å²) in [6, 6.07) is 5.46. The summed E-state index contributed by atoms with van der Waals surface area (Å²) in [7, 11) is 1.62. The van der Waals surface area contributed by atoms with Crippen LogP contribution in [0.1, 0.15) is 0 Å². The van der Waals surface area contributed by atoms with Crippen molar-refractivity contribution in [1.29, 1.82) is 0 Å². The second-order valence-corrected chi connectivity index (χ2v) is 3.68. The van der Waals surface area contributed by atoms with Crippen molar-refractivity contribution in [2.45, 2.75) is 6.10 Å². The molecular weight excluding hydrogens is 220 g/mol. The van der Waals surface area contributed by atoms with E-state index in [0.29, 0.717) is 24.7 Å². The van der Waals surface area contributed by atoms with Crippen LogP contribution in [0.4, 0.5) is 0 Å². The van der Waals surface area contributed by atoms with Crippen molar-refractivity contribution in [2.24, 2.45) is 0 Å². The summed E-state index contributed by atoms with van der Waals surface area (Å²) in [4.78, 5) is 0. The van der Waals surface area contributed by atoms with Crippen LogP contribution >= 0.6 is 0 Å². The Bertz CT molecular complexity index is 385. The smallest absolute Gasteiger partial charge is 0.165 e. The quantitative estimate of drug-likeness (QED) is 0.536. The molecule has 0 radical (unpaired) electrons. The van der Waals surface area contributed by atoms with Crippen LogP contribution in [0.15, 0.2) is 30.9 Å². The lowest BCUT2D eigenvalue weighted by atomic mass is 10.3. The highest BCUT2D eigenvalue weighted by atomic mass is 16.6. The molecule has 0 N–H and O–H groups in total. The normalized spacial score (nSPS) is 17.4. The number of epoxide rings is 1. The molecule has 0 aromatic heterocycles. The average molecular weight is 236 g/mol. The van der Waals surface area contributed by atoms with Gasteiger partial charge in [-0.2, -0.15) is 0 Å². The molecule has 0 unspecified atom stereocenters. The van der Waals surface area contributed by atoms with E-state index in [1.807, 2.05) is 12.1 Å². The highest BCUT2D eigenvalue weighted by Gasteiger charge is 2.23. The molecule has 0 amide bonds. The Morgan fingerprint density at radius 1 is 1.41 bits per heavy atom. The van der Waals surface area contributed by atoms with Gasteiger partial charge in [0.2, 0.25) is 0 Å². The molecule has 4 nitrogen and oxygen atoms in total. The van der Waals surface area contributed by atoms with E-state index in [0.717, 1.165) is 12.4 Å². The second kappa shape index (κ2) is 5.59. The van der Waals surface area contributed by atoms with Crippen LogP contribution in [0, 0.1) is 0 Å². The van der Waals surface area contributed by atoms with Gasteiger partial charge in [0.15, 0.2) is 11.5 Å². The third-order valence-corrected chi connectivity index (χ3v) is 2.33. The molecule has 1 heterocycles. The van der Waals surface area contributed by atoms with Crippen molar-refractivity contribution in [1.82, 2.24) is 0 Å². The van der Waals surface area contributed by atoms with Gasteiger partial charge in [-0.05, 0) is 12.1 Å². The number of ether oxygens (including phenoxy) is 4. The topological polar surface area (TPSA) is 40.2 Å². The summed E-state index contributed by atoms with van der Waals surface area (Å²) in [5.41, 5.74) is 0. The van der Waals surface area contributed by atoms with Gasteiger partial charge in [0.1, 0.15) is 25.1 Å². The van der Waals surface area contributed by atoms with Crippen LogP contribution in [-0.4, -0.2) is 33.0 Å². The number of hydrogen-bond acceptors (Lipinski definition) is 4. The van der Waals surface area contributed by atoms with Crippen LogP contribution < -0.4 is 14.2 Å². The van der Waals surface area contributed by atoms with Gasteiger partial charge in [-0.1, -0.05) is 12.7 Å². The van der Waals surface area contributed by atoms with Gasteiger partial charge in [0.05, 0.1) is 13.7 Å². The highest BCUT2D eigenvalue weighted by Crippen LogP contribution is 2.32. The van der Waals surface area contributed by atoms with E-state index >= 15 is 0 Å². The number of benzene rings is 1. The molecule has 1 aliphatic rings. The lowest BCUT2D eigenvalue weighted by Gasteiger charge is -2.12. The molecule has 1 aromatic rings. The predicted octanol–water partition coefficient (Wildman–Crippen LogP) is 2.04. The molecule has 1 aromatic carbocycles. The standard InChI is InChI=1S/C13H16O4/c1-3-6-15-12-5-4-10(14-2)7-13(12)17-9-11-8-16-11/h3-5,7,11H,1,6,8-9H2,2H3/t11-/m1/s1. The summed E-state index contributed by atoms with van der Waals surface area (Å²) in [5.74, 6) is 2.09. The fourth-order valence-corrected chi connectivity index (χ4v) is 1.34. The van der Waals surface area contributed by atoms with E-state index in [2.05, 4.69) is 6.58 Å². The number of methoxy groups -OCH3 is 1. The van der Waals surface area contributed by atoms with E-state index < -0.39 is 0 Å². The molecule has 0 spiro atoms. The largest absolute Gasteiger partial charge is 0.497 e.